The van der Waals surface area contributed by atoms with Crippen molar-refractivity contribution >= 4 is 21.6 Å². The first-order chi connectivity index (χ1) is 13.4. The number of hydrogen-bond acceptors (Lipinski definition) is 5. The number of rotatable bonds is 4. The second-order valence-corrected chi connectivity index (χ2v) is 10.7. The highest BCUT2D eigenvalue weighted by molar-refractivity contribution is 7.89. The van der Waals surface area contributed by atoms with Crippen molar-refractivity contribution in [3.8, 4) is 0 Å². The smallest absolute Gasteiger partial charge is 0.244 e. The Balaban J connectivity index is 1.33. The zero-order chi connectivity index (χ0) is 19.8. The van der Waals surface area contributed by atoms with Gasteiger partial charge in [-0.25, -0.2) is 8.42 Å². The summed E-state index contributed by atoms with van der Waals surface area (Å²) in [5.74, 6) is 0. The minimum absolute atomic E-state index is 0.149. The lowest BCUT2D eigenvalue weighted by Gasteiger charge is -2.39. The van der Waals surface area contributed by atoms with Gasteiger partial charge in [0.1, 0.15) is 4.90 Å². The molecule has 3 saturated heterocycles. The van der Waals surface area contributed by atoms with Crippen LogP contribution in [0.15, 0.2) is 29.2 Å². The summed E-state index contributed by atoms with van der Waals surface area (Å²) in [6.07, 6.45) is 3.90. The maximum Gasteiger partial charge on any atom is 0.244 e. The summed E-state index contributed by atoms with van der Waals surface area (Å²) in [4.78, 5) is 5.07. The van der Waals surface area contributed by atoms with E-state index < -0.39 is 10.0 Å². The molecule has 0 amide bonds. The van der Waals surface area contributed by atoms with Crippen molar-refractivity contribution in [1.82, 2.24) is 14.1 Å². The van der Waals surface area contributed by atoms with Gasteiger partial charge in [0.2, 0.25) is 10.0 Å². The molecule has 1 atom stereocenters. The fourth-order valence-corrected chi connectivity index (χ4v) is 6.57. The molecule has 1 aromatic rings. The summed E-state index contributed by atoms with van der Waals surface area (Å²) in [6, 6.07) is 6.68. The molecule has 8 heteroatoms. The van der Waals surface area contributed by atoms with Crippen molar-refractivity contribution < 1.29 is 13.2 Å². The summed E-state index contributed by atoms with van der Waals surface area (Å²) < 4.78 is 34.0. The van der Waals surface area contributed by atoms with E-state index in [4.69, 9.17) is 16.3 Å². The van der Waals surface area contributed by atoms with Crippen LogP contribution in [0.1, 0.15) is 25.7 Å². The second-order valence-electron chi connectivity index (χ2n) is 8.40. The monoisotopic (exact) mass is 427 g/mol. The Labute approximate surface area is 173 Å². The van der Waals surface area contributed by atoms with Gasteiger partial charge in [-0.05, 0) is 44.9 Å². The first kappa shape index (κ1) is 20.6. The van der Waals surface area contributed by atoms with E-state index in [9.17, 15) is 8.42 Å². The molecule has 28 heavy (non-hydrogen) atoms. The molecule has 3 aliphatic rings. The van der Waals surface area contributed by atoms with Gasteiger partial charge < -0.3 is 9.64 Å². The summed E-state index contributed by atoms with van der Waals surface area (Å²) in [5, 5.41) is 0.284. The van der Waals surface area contributed by atoms with E-state index in [0.29, 0.717) is 13.1 Å². The number of hydrogen-bond donors (Lipinski definition) is 0. The van der Waals surface area contributed by atoms with Gasteiger partial charge in [0.25, 0.3) is 0 Å². The summed E-state index contributed by atoms with van der Waals surface area (Å²) >= 11 is 6.13. The molecule has 1 unspecified atom stereocenters. The first-order valence-electron chi connectivity index (χ1n) is 10.2. The van der Waals surface area contributed by atoms with E-state index in [0.717, 1.165) is 58.4 Å². The molecule has 0 bridgehead atoms. The quantitative estimate of drug-likeness (QED) is 0.737. The summed E-state index contributed by atoms with van der Waals surface area (Å²) in [6.45, 7) is 6.43. The van der Waals surface area contributed by atoms with Crippen LogP contribution in [0.2, 0.25) is 5.02 Å². The molecule has 3 heterocycles. The third-order valence-corrected chi connectivity index (χ3v) is 8.88. The molecule has 156 valence electrons. The first-order valence-corrected chi connectivity index (χ1v) is 12.0. The molecule has 1 aromatic carbocycles. The van der Waals surface area contributed by atoms with E-state index in [-0.39, 0.29) is 21.6 Å². The molecule has 0 aromatic heterocycles. The molecule has 0 aliphatic carbocycles. The highest BCUT2D eigenvalue weighted by Crippen LogP contribution is 2.40. The number of nitrogens with zero attached hydrogens (tertiary/aromatic N) is 3. The van der Waals surface area contributed by atoms with E-state index in [1.165, 1.54) is 0 Å². The SMILES string of the molecule is CN1CCN(CC2CCC3(CCN(S(=O)(=O)c4ccccc4Cl)CC3)O2)CC1. The van der Waals surface area contributed by atoms with Crippen molar-refractivity contribution in [1.29, 1.82) is 0 Å². The minimum Gasteiger partial charge on any atom is -0.370 e. The number of benzene rings is 1. The Bertz CT molecular complexity index is 788. The van der Waals surface area contributed by atoms with Crippen LogP contribution in [0.25, 0.3) is 0 Å². The number of ether oxygens (including phenoxy) is 1. The van der Waals surface area contributed by atoms with Gasteiger partial charge in [0, 0.05) is 45.8 Å². The number of likely N-dealkylation sites (N-methyl/N-ethyl adjacent to an activating group) is 1. The van der Waals surface area contributed by atoms with Crippen molar-refractivity contribution in [3.05, 3.63) is 29.3 Å². The minimum atomic E-state index is -3.55. The molecule has 4 rings (SSSR count). The van der Waals surface area contributed by atoms with Gasteiger partial charge in [0.15, 0.2) is 0 Å². The van der Waals surface area contributed by atoms with Gasteiger partial charge in [0.05, 0.1) is 16.7 Å². The molecular formula is C20H30ClN3O3S. The van der Waals surface area contributed by atoms with Crippen molar-refractivity contribution in [3.63, 3.8) is 0 Å². The standard InChI is InChI=1S/C20H30ClN3O3S/c1-22-12-14-23(15-13-22)16-17-6-7-20(27-17)8-10-24(11-9-20)28(25,26)19-5-3-2-4-18(19)21/h2-5,17H,6-16H2,1H3. The maximum absolute atomic E-state index is 13.0. The summed E-state index contributed by atoms with van der Waals surface area (Å²) in [5.41, 5.74) is -0.149. The van der Waals surface area contributed by atoms with Crippen molar-refractivity contribution in [2.75, 3.05) is 52.9 Å². The average Bonchev–Trinajstić information content (AvgIpc) is 3.06. The Hall–Kier alpha value is -0.700. The van der Waals surface area contributed by atoms with Gasteiger partial charge in [-0.2, -0.15) is 4.31 Å². The highest BCUT2D eigenvalue weighted by atomic mass is 35.5. The second kappa shape index (κ2) is 8.20. The Morgan fingerprint density at radius 3 is 2.43 bits per heavy atom. The van der Waals surface area contributed by atoms with Gasteiger partial charge >= 0.3 is 0 Å². The number of piperidine rings is 1. The average molecular weight is 428 g/mol. The van der Waals surface area contributed by atoms with Gasteiger partial charge in [-0.1, -0.05) is 23.7 Å². The molecule has 1 spiro atoms. The molecule has 0 radical (unpaired) electrons. The van der Waals surface area contributed by atoms with Crippen LogP contribution >= 0.6 is 11.6 Å². The fourth-order valence-electron chi connectivity index (χ4n) is 4.64. The lowest BCUT2D eigenvalue weighted by molar-refractivity contribution is -0.0777. The van der Waals surface area contributed by atoms with E-state index in [1.807, 2.05) is 0 Å². The Kier molecular flexibility index (Phi) is 6.03. The predicted molar refractivity (Wildman–Crippen MR) is 110 cm³/mol. The van der Waals surface area contributed by atoms with Crippen LogP contribution in [0.3, 0.4) is 0 Å². The van der Waals surface area contributed by atoms with Gasteiger partial charge in [-0.15, -0.1) is 0 Å². The Morgan fingerprint density at radius 1 is 1.07 bits per heavy atom. The zero-order valence-electron chi connectivity index (χ0n) is 16.5. The van der Waals surface area contributed by atoms with Crippen LogP contribution < -0.4 is 0 Å². The normalized spacial score (nSPS) is 27.4. The lowest BCUT2D eigenvalue weighted by Crippen LogP contribution is -2.49. The van der Waals surface area contributed by atoms with Crippen LogP contribution in [0.4, 0.5) is 0 Å². The molecular weight excluding hydrogens is 398 g/mol. The molecule has 3 aliphatic heterocycles. The van der Waals surface area contributed by atoms with Crippen LogP contribution in [-0.4, -0.2) is 87.1 Å². The fraction of sp³-hybridized carbons (Fsp3) is 0.700. The molecule has 0 saturated carbocycles. The molecule has 6 nitrogen and oxygen atoms in total. The largest absolute Gasteiger partial charge is 0.370 e. The zero-order valence-corrected chi connectivity index (χ0v) is 18.1. The predicted octanol–water partition coefficient (Wildman–Crippen LogP) is 2.29. The third kappa shape index (κ3) is 4.25. The van der Waals surface area contributed by atoms with Crippen molar-refractivity contribution in [2.45, 2.75) is 42.3 Å². The Morgan fingerprint density at radius 2 is 1.75 bits per heavy atom. The van der Waals surface area contributed by atoms with Crippen molar-refractivity contribution in [2.24, 2.45) is 0 Å². The topological polar surface area (TPSA) is 53.1 Å². The summed E-state index contributed by atoms with van der Waals surface area (Å²) in [7, 11) is -1.38. The van der Waals surface area contributed by atoms with Crippen LogP contribution in [0.5, 0.6) is 0 Å². The highest BCUT2D eigenvalue weighted by Gasteiger charge is 2.45. The number of sulfonamides is 1. The van der Waals surface area contributed by atoms with Crippen LogP contribution in [-0.2, 0) is 14.8 Å². The number of halogens is 1. The molecule has 0 N–H and O–H groups in total. The van der Waals surface area contributed by atoms with E-state index >= 15 is 0 Å². The lowest BCUT2D eigenvalue weighted by atomic mass is 9.89. The maximum atomic E-state index is 13.0. The number of piperazine rings is 1. The van der Waals surface area contributed by atoms with Crippen LogP contribution in [0, 0.1) is 0 Å². The van der Waals surface area contributed by atoms with E-state index in [1.54, 1.807) is 28.6 Å². The molecule has 3 fully saturated rings. The van der Waals surface area contributed by atoms with Gasteiger partial charge in [-0.3, -0.25) is 4.90 Å². The van der Waals surface area contributed by atoms with E-state index in [2.05, 4.69) is 16.8 Å². The third-order valence-electron chi connectivity index (χ3n) is 6.48.